The zero-order valence-electron chi connectivity index (χ0n) is 18.4. The first-order valence-electron chi connectivity index (χ1n) is 11.4. The summed E-state index contributed by atoms with van der Waals surface area (Å²) in [5.41, 5.74) is 3.39. The van der Waals surface area contributed by atoms with Crippen molar-refractivity contribution >= 4 is 10.9 Å². The van der Waals surface area contributed by atoms with Crippen LogP contribution in [0.25, 0.3) is 10.9 Å². The van der Waals surface area contributed by atoms with Gasteiger partial charge < -0.3 is 14.5 Å². The van der Waals surface area contributed by atoms with Crippen LogP contribution in [-0.2, 0) is 6.42 Å². The van der Waals surface area contributed by atoms with Crippen LogP contribution in [0.2, 0.25) is 0 Å². The lowest BCUT2D eigenvalue weighted by molar-refractivity contribution is 0.0418. The van der Waals surface area contributed by atoms with E-state index in [1.54, 1.807) is 13.2 Å². The van der Waals surface area contributed by atoms with Gasteiger partial charge in [0.15, 0.2) is 0 Å². The van der Waals surface area contributed by atoms with E-state index in [0.717, 1.165) is 48.4 Å². The third kappa shape index (κ3) is 3.91. The fourth-order valence-corrected chi connectivity index (χ4v) is 5.17. The summed E-state index contributed by atoms with van der Waals surface area (Å²) in [6.07, 6.45) is 7.89. The highest BCUT2D eigenvalue weighted by molar-refractivity contribution is 5.83. The minimum Gasteiger partial charge on any atom is -0.496 e. The van der Waals surface area contributed by atoms with Crippen molar-refractivity contribution in [2.45, 2.75) is 57.0 Å². The Morgan fingerprint density at radius 1 is 1.23 bits per heavy atom. The molecule has 4 nitrogen and oxygen atoms in total. The molecule has 1 aliphatic carbocycles. The van der Waals surface area contributed by atoms with Crippen LogP contribution in [0.5, 0.6) is 11.5 Å². The standard InChI is InChI=1S/C26H31FN2O2/c1-17(23-15-28-24-10-9-18(27)13-21(23)24)11-12-29(19-5-3-6-19)20-14-22-25(30-2)7-4-8-26(22)31-16-20/h4,7-10,13,15,17,19-20,28H,3,5-6,11-12,14,16H2,1-2H3. The molecule has 2 heterocycles. The highest BCUT2D eigenvalue weighted by Crippen LogP contribution is 2.37. The van der Waals surface area contributed by atoms with Crippen LogP contribution >= 0.6 is 0 Å². The first-order chi connectivity index (χ1) is 15.1. The summed E-state index contributed by atoms with van der Waals surface area (Å²) >= 11 is 0. The second-order valence-corrected chi connectivity index (χ2v) is 9.05. The number of rotatable bonds is 7. The van der Waals surface area contributed by atoms with Crippen LogP contribution in [0.3, 0.4) is 0 Å². The molecule has 2 aromatic carbocycles. The van der Waals surface area contributed by atoms with Crippen LogP contribution < -0.4 is 9.47 Å². The first-order valence-corrected chi connectivity index (χ1v) is 11.4. The van der Waals surface area contributed by atoms with Crippen LogP contribution in [-0.4, -0.2) is 42.2 Å². The quantitative estimate of drug-likeness (QED) is 0.533. The third-order valence-electron chi connectivity index (χ3n) is 7.22. The summed E-state index contributed by atoms with van der Waals surface area (Å²) in [7, 11) is 1.73. The van der Waals surface area contributed by atoms with Crippen LogP contribution in [0.15, 0.2) is 42.6 Å². The molecule has 1 N–H and O–H groups in total. The summed E-state index contributed by atoms with van der Waals surface area (Å²) < 4.78 is 25.6. The van der Waals surface area contributed by atoms with Gasteiger partial charge in [0.2, 0.25) is 0 Å². The largest absolute Gasteiger partial charge is 0.496 e. The molecule has 2 atom stereocenters. The van der Waals surface area contributed by atoms with E-state index < -0.39 is 0 Å². The average molecular weight is 423 g/mol. The lowest BCUT2D eigenvalue weighted by atomic mass is 9.87. The van der Waals surface area contributed by atoms with Gasteiger partial charge in [-0.1, -0.05) is 19.4 Å². The van der Waals surface area contributed by atoms with Crippen molar-refractivity contribution in [2.75, 3.05) is 20.3 Å². The van der Waals surface area contributed by atoms with E-state index in [-0.39, 0.29) is 5.82 Å². The predicted octanol–water partition coefficient (Wildman–Crippen LogP) is 5.67. The Bertz CT molecular complexity index is 1040. The molecule has 0 spiro atoms. The minimum absolute atomic E-state index is 0.177. The molecule has 0 bridgehead atoms. The maximum atomic E-state index is 13.8. The molecule has 31 heavy (non-hydrogen) atoms. The number of nitrogens with zero attached hydrogens (tertiary/aromatic N) is 1. The normalized spacial score (nSPS) is 19.7. The van der Waals surface area contributed by atoms with Crippen molar-refractivity contribution in [3.63, 3.8) is 0 Å². The molecule has 1 saturated carbocycles. The lowest BCUT2D eigenvalue weighted by Gasteiger charge is -2.44. The average Bonchev–Trinajstić information content (AvgIpc) is 3.17. The highest BCUT2D eigenvalue weighted by atomic mass is 19.1. The summed E-state index contributed by atoms with van der Waals surface area (Å²) in [6, 6.07) is 12.1. The number of aromatic amines is 1. The van der Waals surface area contributed by atoms with E-state index >= 15 is 0 Å². The number of halogens is 1. The van der Waals surface area contributed by atoms with Crippen molar-refractivity contribution in [1.82, 2.24) is 9.88 Å². The zero-order chi connectivity index (χ0) is 21.4. The van der Waals surface area contributed by atoms with Gasteiger partial charge >= 0.3 is 0 Å². The van der Waals surface area contributed by atoms with Crippen molar-refractivity contribution in [3.05, 3.63) is 59.5 Å². The van der Waals surface area contributed by atoms with Gasteiger partial charge in [-0.15, -0.1) is 0 Å². The summed E-state index contributed by atoms with van der Waals surface area (Å²) in [4.78, 5) is 5.97. The molecule has 1 aromatic heterocycles. The van der Waals surface area contributed by atoms with E-state index in [9.17, 15) is 4.39 Å². The Kier molecular flexibility index (Phi) is 5.61. The van der Waals surface area contributed by atoms with Crippen molar-refractivity contribution in [1.29, 1.82) is 0 Å². The Morgan fingerprint density at radius 2 is 2.10 bits per heavy atom. The number of hydrogen-bond acceptors (Lipinski definition) is 3. The molecule has 2 unspecified atom stereocenters. The molecular formula is C26H31FN2O2. The van der Waals surface area contributed by atoms with Crippen LogP contribution in [0, 0.1) is 5.82 Å². The molecule has 0 radical (unpaired) electrons. The molecule has 0 saturated heterocycles. The second-order valence-electron chi connectivity index (χ2n) is 9.05. The molecule has 5 rings (SSSR count). The molecule has 3 aromatic rings. The van der Waals surface area contributed by atoms with E-state index in [1.807, 2.05) is 30.5 Å². The lowest BCUT2D eigenvalue weighted by Crippen LogP contribution is -2.51. The number of hydrogen-bond donors (Lipinski definition) is 1. The fourth-order valence-electron chi connectivity index (χ4n) is 5.17. The first kappa shape index (κ1) is 20.4. The van der Waals surface area contributed by atoms with E-state index in [0.29, 0.717) is 18.0 Å². The molecule has 2 aliphatic rings. The maximum absolute atomic E-state index is 13.8. The SMILES string of the molecule is COc1cccc2c1CC(N(CCC(C)c1c[nH]c3ccc(F)cc13)C1CCC1)CO2. The number of benzene rings is 2. The van der Waals surface area contributed by atoms with Gasteiger partial charge in [-0.2, -0.15) is 0 Å². The predicted molar refractivity (Wildman–Crippen MR) is 122 cm³/mol. The molecular weight excluding hydrogens is 391 g/mol. The van der Waals surface area contributed by atoms with E-state index in [4.69, 9.17) is 9.47 Å². The van der Waals surface area contributed by atoms with Crippen molar-refractivity contribution < 1.29 is 13.9 Å². The van der Waals surface area contributed by atoms with Gasteiger partial charge in [0.05, 0.1) is 7.11 Å². The Labute approximate surface area is 183 Å². The monoisotopic (exact) mass is 422 g/mol. The highest BCUT2D eigenvalue weighted by Gasteiger charge is 2.34. The number of fused-ring (bicyclic) bond motifs is 2. The molecule has 1 aliphatic heterocycles. The second kappa shape index (κ2) is 8.54. The maximum Gasteiger partial charge on any atom is 0.126 e. The number of methoxy groups -OCH3 is 1. The van der Waals surface area contributed by atoms with E-state index in [1.165, 1.54) is 36.5 Å². The fraction of sp³-hybridized carbons (Fsp3) is 0.462. The number of ether oxygens (including phenoxy) is 2. The summed E-state index contributed by atoms with van der Waals surface area (Å²) in [5, 5.41) is 1.00. The number of aromatic nitrogens is 1. The number of H-pyrrole nitrogens is 1. The number of nitrogens with one attached hydrogen (secondary N) is 1. The van der Waals surface area contributed by atoms with Gasteiger partial charge in [-0.25, -0.2) is 4.39 Å². The molecule has 0 amide bonds. The van der Waals surface area contributed by atoms with Gasteiger partial charge in [0, 0.05) is 34.7 Å². The topological polar surface area (TPSA) is 37.5 Å². The van der Waals surface area contributed by atoms with Gasteiger partial charge in [0.25, 0.3) is 0 Å². The van der Waals surface area contributed by atoms with Gasteiger partial charge in [-0.3, -0.25) is 4.90 Å². The smallest absolute Gasteiger partial charge is 0.126 e. The third-order valence-corrected chi connectivity index (χ3v) is 7.22. The minimum atomic E-state index is -0.177. The van der Waals surface area contributed by atoms with Gasteiger partial charge in [-0.05, 0) is 74.0 Å². The summed E-state index contributed by atoms with van der Waals surface area (Å²) in [5.74, 6) is 2.05. The van der Waals surface area contributed by atoms with E-state index in [2.05, 4.69) is 16.8 Å². The Morgan fingerprint density at radius 3 is 2.87 bits per heavy atom. The van der Waals surface area contributed by atoms with Crippen molar-refractivity contribution in [3.8, 4) is 11.5 Å². The molecule has 164 valence electrons. The summed E-state index contributed by atoms with van der Waals surface area (Å²) in [6.45, 7) is 4.00. The molecule has 5 heteroatoms. The Hall–Kier alpha value is -2.53. The van der Waals surface area contributed by atoms with Crippen LogP contribution in [0.4, 0.5) is 4.39 Å². The Balaban J connectivity index is 1.32. The molecule has 1 fully saturated rings. The van der Waals surface area contributed by atoms with Crippen LogP contribution in [0.1, 0.15) is 49.7 Å². The van der Waals surface area contributed by atoms with Crippen molar-refractivity contribution in [2.24, 2.45) is 0 Å². The van der Waals surface area contributed by atoms with Gasteiger partial charge in [0.1, 0.15) is 23.9 Å². The zero-order valence-corrected chi connectivity index (χ0v) is 18.4.